The van der Waals surface area contributed by atoms with Gasteiger partial charge in [-0.15, -0.1) is 0 Å². The van der Waals surface area contributed by atoms with Crippen molar-refractivity contribution in [3.05, 3.63) is 59.2 Å². The molecule has 1 atom stereocenters. The molecule has 0 radical (unpaired) electrons. The van der Waals surface area contributed by atoms with E-state index in [1.54, 1.807) is 12.4 Å². The maximum Gasteiger partial charge on any atom is 0.115 e. The minimum atomic E-state index is -0.652. The summed E-state index contributed by atoms with van der Waals surface area (Å²) in [6, 6.07) is 5.91. The highest BCUT2D eigenvalue weighted by molar-refractivity contribution is 5.38. The molecule has 3 nitrogen and oxygen atoms in total. The summed E-state index contributed by atoms with van der Waals surface area (Å²) in [6.45, 7) is 4.05. The Bertz CT molecular complexity index is 483. The Kier molecular flexibility index (Phi) is 2.97. The van der Waals surface area contributed by atoms with Crippen molar-refractivity contribution in [1.29, 1.82) is 0 Å². The second-order valence-electron chi connectivity index (χ2n) is 3.86. The molecule has 1 N–H and O–H groups in total. The number of benzene rings is 1. The fourth-order valence-corrected chi connectivity index (χ4v) is 1.70. The van der Waals surface area contributed by atoms with Gasteiger partial charge in [0.2, 0.25) is 0 Å². The molecule has 82 valence electrons. The van der Waals surface area contributed by atoms with E-state index in [4.69, 9.17) is 0 Å². The molecule has 1 heterocycles. The lowest BCUT2D eigenvalue weighted by Gasteiger charge is -2.14. The SMILES string of the molecule is Cc1cccc(C(O)c2cncnc2)c1C. The minimum absolute atomic E-state index is 0.652. The zero-order chi connectivity index (χ0) is 11.5. The van der Waals surface area contributed by atoms with Crippen LogP contribution in [0.3, 0.4) is 0 Å². The highest BCUT2D eigenvalue weighted by atomic mass is 16.3. The second-order valence-corrected chi connectivity index (χ2v) is 3.86. The van der Waals surface area contributed by atoms with Gasteiger partial charge in [-0.1, -0.05) is 18.2 Å². The Morgan fingerprint density at radius 2 is 1.81 bits per heavy atom. The third-order valence-corrected chi connectivity index (χ3v) is 2.84. The third kappa shape index (κ3) is 1.95. The van der Waals surface area contributed by atoms with Gasteiger partial charge < -0.3 is 5.11 Å². The van der Waals surface area contributed by atoms with Gasteiger partial charge in [0.15, 0.2) is 0 Å². The molecule has 1 aromatic carbocycles. The van der Waals surface area contributed by atoms with Crippen molar-refractivity contribution in [1.82, 2.24) is 9.97 Å². The van der Waals surface area contributed by atoms with Crippen molar-refractivity contribution < 1.29 is 5.11 Å². The average Bonchev–Trinajstić information content (AvgIpc) is 2.33. The lowest BCUT2D eigenvalue weighted by Crippen LogP contribution is -2.03. The van der Waals surface area contributed by atoms with Crippen molar-refractivity contribution in [2.45, 2.75) is 20.0 Å². The zero-order valence-electron chi connectivity index (χ0n) is 9.38. The largest absolute Gasteiger partial charge is 0.384 e. The molecule has 0 amide bonds. The molecule has 2 aromatic rings. The van der Waals surface area contributed by atoms with Crippen molar-refractivity contribution in [3.63, 3.8) is 0 Å². The maximum absolute atomic E-state index is 10.2. The molecule has 0 aliphatic rings. The standard InChI is InChI=1S/C13H14N2O/c1-9-4-3-5-12(10(9)2)13(16)11-6-14-8-15-7-11/h3-8,13,16H,1-2H3. The van der Waals surface area contributed by atoms with Gasteiger partial charge in [0.1, 0.15) is 12.4 Å². The summed E-state index contributed by atoms with van der Waals surface area (Å²) in [5.41, 5.74) is 3.92. The number of rotatable bonds is 2. The predicted molar refractivity (Wildman–Crippen MR) is 62.0 cm³/mol. The van der Waals surface area contributed by atoms with E-state index in [-0.39, 0.29) is 0 Å². The summed E-state index contributed by atoms with van der Waals surface area (Å²) in [4.78, 5) is 7.82. The maximum atomic E-state index is 10.2. The predicted octanol–water partition coefficient (Wildman–Crippen LogP) is 2.18. The molecule has 1 unspecified atom stereocenters. The Labute approximate surface area is 94.8 Å². The molecule has 0 saturated carbocycles. The van der Waals surface area contributed by atoms with Crippen molar-refractivity contribution >= 4 is 0 Å². The van der Waals surface area contributed by atoms with Crippen LogP contribution in [-0.4, -0.2) is 15.1 Å². The van der Waals surface area contributed by atoms with Crippen LogP contribution in [0.5, 0.6) is 0 Å². The molecule has 0 aliphatic heterocycles. The minimum Gasteiger partial charge on any atom is -0.384 e. The summed E-state index contributed by atoms with van der Waals surface area (Å²) in [7, 11) is 0. The number of aromatic nitrogens is 2. The summed E-state index contributed by atoms with van der Waals surface area (Å²) in [6.07, 6.45) is 4.08. The van der Waals surface area contributed by atoms with Gasteiger partial charge in [-0.05, 0) is 30.5 Å². The third-order valence-electron chi connectivity index (χ3n) is 2.84. The van der Waals surface area contributed by atoms with E-state index in [9.17, 15) is 5.11 Å². The molecule has 3 heteroatoms. The van der Waals surface area contributed by atoms with Gasteiger partial charge >= 0.3 is 0 Å². The van der Waals surface area contributed by atoms with Crippen LogP contribution in [0.2, 0.25) is 0 Å². The van der Waals surface area contributed by atoms with Gasteiger partial charge in [0, 0.05) is 18.0 Å². The van der Waals surface area contributed by atoms with E-state index < -0.39 is 6.10 Å². The van der Waals surface area contributed by atoms with Gasteiger partial charge in [0.25, 0.3) is 0 Å². The molecule has 0 aliphatic carbocycles. The lowest BCUT2D eigenvalue weighted by atomic mass is 9.96. The zero-order valence-corrected chi connectivity index (χ0v) is 9.38. The summed E-state index contributed by atoms with van der Waals surface area (Å²) < 4.78 is 0. The molecule has 2 rings (SSSR count). The van der Waals surface area contributed by atoms with Crippen LogP contribution in [-0.2, 0) is 0 Å². The first kappa shape index (κ1) is 10.8. The molecular formula is C13H14N2O. The van der Waals surface area contributed by atoms with Crippen LogP contribution >= 0.6 is 0 Å². The fourth-order valence-electron chi connectivity index (χ4n) is 1.70. The highest BCUT2D eigenvalue weighted by Gasteiger charge is 2.13. The number of aliphatic hydroxyl groups is 1. The molecule has 1 aromatic heterocycles. The van der Waals surface area contributed by atoms with E-state index in [1.165, 1.54) is 11.9 Å². The topological polar surface area (TPSA) is 46.0 Å². The molecule has 0 saturated heterocycles. The van der Waals surface area contributed by atoms with Crippen LogP contribution in [0.25, 0.3) is 0 Å². The normalized spacial score (nSPS) is 12.4. The Morgan fingerprint density at radius 3 is 2.50 bits per heavy atom. The smallest absolute Gasteiger partial charge is 0.115 e. The molecule has 0 bridgehead atoms. The number of aliphatic hydroxyl groups excluding tert-OH is 1. The van der Waals surface area contributed by atoms with Crippen LogP contribution in [0, 0.1) is 13.8 Å². The Morgan fingerprint density at radius 1 is 1.12 bits per heavy atom. The van der Waals surface area contributed by atoms with Gasteiger partial charge in [-0.3, -0.25) is 0 Å². The van der Waals surface area contributed by atoms with Crippen molar-refractivity contribution in [2.75, 3.05) is 0 Å². The fraction of sp³-hybridized carbons (Fsp3) is 0.231. The van der Waals surface area contributed by atoms with Crippen LogP contribution in [0.15, 0.2) is 36.9 Å². The van der Waals surface area contributed by atoms with Crippen molar-refractivity contribution in [3.8, 4) is 0 Å². The first-order valence-electron chi connectivity index (χ1n) is 5.19. The van der Waals surface area contributed by atoms with Gasteiger partial charge in [-0.2, -0.15) is 0 Å². The monoisotopic (exact) mass is 214 g/mol. The van der Waals surface area contributed by atoms with Gasteiger partial charge in [0.05, 0.1) is 0 Å². The van der Waals surface area contributed by atoms with E-state index in [1.807, 2.05) is 32.0 Å². The summed E-state index contributed by atoms with van der Waals surface area (Å²) in [5, 5.41) is 10.2. The van der Waals surface area contributed by atoms with E-state index in [0.717, 1.165) is 16.7 Å². The number of nitrogens with zero attached hydrogens (tertiary/aromatic N) is 2. The molecule has 0 fully saturated rings. The Hall–Kier alpha value is -1.74. The lowest BCUT2D eigenvalue weighted by molar-refractivity contribution is 0.218. The van der Waals surface area contributed by atoms with E-state index in [0.29, 0.717) is 0 Å². The quantitative estimate of drug-likeness (QED) is 0.833. The van der Waals surface area contributed by atoms with Crippen LogP contribution in [0.1, 0.15) is 28.4 Å². The van der Waals surface area contributed by atoms with Gasteiger partial charge in [-0.25, -0.2) is 9.97 Å². The Balaban J connectivity index is 2.42. The van der Waals surface area contributed by atoms with E-state index in [2.05, 4.69) is 9.97 Å². The van der Waals surface area contributed by atoms with Crippen LogP contribution in [0.4, 0.5) is 0 Å². The highest BCUT2D eigenvalue weighted by Crippen LogP contribution is 2.25. The summed E-state index contributed by atoms with van der Waals surface area (Å²) in [5.74, 6) is 0. The second kappa shape index (κ2) is 4.41. The molecular weight excluding hydrogens is 200 g/mol. The first-order chi connectivity index (χ1) is 7.70. The number of hydrogen-bond acceptors (Lipinski definition) is 3. The average molecular weight is 214 g/mol. The summed E-state index contributed by atoms with van der Waals surface area (Å²) >= 11 is 0. The molecule has 0 spiro atoms. The molecule has 16 heavy (non-hydrogen) atoms. The van der Waals surface area contributed by atoms with Crippen molar-refractivity contribution in [2.24, 2.45) is 0 Å². The van der Waals surface area contributed by atoms with E-state index >= 15 is 0 Å². The van der Waals surface area contributed by atoms with Crippen LogP contribution < -0.4 is 0 Å². The number of aryl methyl sites for hydroxylation is 1. The number of hydrogen-bond donors (Lipinski definition) is 1. The first-order valence-corrected chi connectivity index (χ1v) is 5.19.